The Morgan fingerprint density at radius 1 is 0.810 bits per heavy atom. The molecule has 0 aliphatic rings. The SMILES string of the molecule is NC(c1cc2ccccc2o1)c1cc2cc(Cl)ccc2o1. The summed E-state index contributed by atoms with van der Waals surface area (Å²) < 4.78 is 11.6. The number of para-hydroxylation sites is 1. The Morgan fingerprint density at radius 3 is 2.24 bits per heavy atom. The quantitative estimate of drug-likeness (QED) is 0.573. The fourth-order valence-electron chi connectivity index (χ4n) is 2.48. The highest BCUT2D eigenvalue weighted by molar-refractivity contribution is 6.31. The Balaban J connectivity index is 1.79. The number of furan rings is 2. The van der Waals surface area contributed by atoms with E-state index in [2.05, 4.69) is 0 Å². The summed E-state index contributed by atoms with van der Waals surface area (Å²) in [6.07, 6.45) is 0. The van der Waals surface area contributed by atoms with Gasteiger partial charge in [-0.1, -0.05) is 29.8 Å². The first-order chi connectivity index (χ1) is 10.2. The first-order valence-electron chi connectivity index (χ1n) is 6.64. The van der Waals surface area contributed by atoms with Gasteiger partial charge in [-0.3, -0.25) is 0 Å². The predicted molar refractivity (Wildman–Crippen MR) is 83.5 cm³/mol. The molecule has 3 nitrogen and oxygen atoms in total. The molecule has 2 aromatic heterocycles. The van der Waals surface area contributed by atoms with E-state index in [0.717, 1.165) is 21.9 Å². The van der Waals surface area contributed by atoms with E-state index in [0.29, 0.717) is 16.5 Å². The Morgan fingerprint density at radius 2 is 1.48 bits per heavy atom. The minimum atomic E-state index is -0.441. The van der Waals surface area contributed by atoms with Gasteiger partial charge in [-0.25, -0.2) is 0 Å². The van der Waals surface area contributed by atoms with Crippen molar-refractivity contribution in [1.29, 1.82) is 0 Å². The molecular weight excluding hydrogens is 286 g/mol. The Bertz CT molecular complexity index is 905. The Kier molecular flexibility index (Phi) is 2.77. The van der Waals surface area contributed by atoms with Crippen LogP contribution in [-0.4, -0.2) is 0 Å². The lowest BCUT2D eigenvalue weighted by Crippen LogP contribution is -2.09. The van der Waals surface area contributed by atoms with Gasteiger partial charge in [0.1, 0.15) is 28.7 Å². The van der Waals surface area contributed by atoms with E-state index in [1.165, 1.54) is 0 Å². The van der Waals surface area contributed by atoms with Crippen LogP contribution in [0.5, 0.6) is 0 Å². The van der Waals surface area contributed by atoms with Crippen LogP contribution in [0.2, 0.25) is 5.02 Å². The number of benzene rings is 2. The van der Waals surface area contributed by atoms with Gasteiger partial charge in [0, 0.05) is 15.8 Å². The van der Waals surface area contributed by atoms with Gasteiger partial charge in [0.25, 0.3) is 0 Å². The summed E-state index contributed by atoms with van der Waals surface area (Å²) in [5, 5.41) is 2.64. The standard InChI is InChI=1S/C17H12ClNO2/c18-12-5-6-14-11(7-12)9-16(21-14)17(19)15-8-10-3-1-2-4-13(10)20-15/h1-9,17H,19H2. The molecule has 1 atom stereocenters. The van der Waals surface area contributed by atoms with Crippen molar-refractivity contribution < 1.29 is 8.83 Å². The lowest BCUT2D eigenvalue weighted by Gasteiger charge is -2.03. The minimum absolute atomic E-state index is 0.441. The summed E-state index contributed by atoms with van der Waals surface area (Å²) in [5.41, 5.74) is 7.85. The molecule has 4 rings (SSSR count). The van der Waals surface area contributed by atoms with Crippen molar-refractivity contribution in [3.05, 3.63) is 71.1 Å². The number of fused-ring (bicyclic) bond motifs is 2. The van der Waals surface area contributed by atoms with E-state index < -0.39 is 6.04 Å². The molecule has 0 spiro atoms. The summed E-state index contributed by atoms with van der Waals surface area (Å²) in [6, 6.07) is 16.7. The number of hydrogen-bond donors (Lipinski definition) is 1. The molecule has 1 unspecified atom stereocenters. The van der Waals surface area contributed by atoms with Gasteiger partial charge in [-0.2, -0.15) is 0 Å². The van der Waals surface area contributed by atoms with E-state index in [-0.39, 0.29) is 0 Å². The fourth-order valence-corrected chi connectivity index (χ4v) is 2.66. The third-order valence-electron chi connectivity index (χ3n) is 3.56. The predicted octanol–water partition coefficient (Wildman–Crippen LogP) is 4.88. The van der Waals surface area contributed by atoms with Crippen LogP contribution in [-0.2, 0) is 0 Å². The molecule has 0 bridgehead atoms. The summed E-state index contributed by atoms with van der Waals surface area (Å²) in [5.74, 6) is 1.34. The summed E-state index contributed by atoms with van der Waals surface area (Å²) in [7, 11) is 0. The molecule has 0 saturated carbocycles. The maximum atomic E-state index is 6.26. The number of nitrogens with two attached hydrogens (primary N) is 1. The van der Waals surface area contributed by atoms with Crippen LogP contribution in [0.25, 0.3) is 21.9 Å². The highest BCUT2D eigenvalue weighted by Crippen LogP contribution is 2.31. The third-order valence-corrected chi connectivity index (χ3v) is 3.79. The molecule has 0 saturated heterocycles. The van der Waals surface area contributed by atoms with Crippen LogP contribution >= 0.6 is 11.6 Å². The lowest BCUT2D eigenvalue weighted by molar-refractivity contribution is 0.463. The van der Waals surface area contributed by atoms with Gasteiger partial charge >= 0.3 is 0 Å². The number of rotatable bonds is 2. The molecule has 2 heterocycles. The van der Waals surface area contributed by atoms with E-state index in [4.69, 9.17) is 26.2 Å². The molecule has 2 N–H and O–H groups in total. The summed E-state index contributed by atoms with van der Waals surface area (Å²) in [4.78, 5) is 0. The average molecular weight is 298 g/mol. The highest BCUT2D eigenvalue weighted by atomic mass is 35.5. The molecular formula is C17H12ClNO2. The first-order valence-corrected chi connectivity index (χ1v) is 7.01. The topological polar surface area (TPSA) is 52.3 Å². The van der Waals surface area contributed by atoms with E-state index in [1.54, 1.807) is 6.07 Å². The largest absolute Gasteiger partial charge is 0.459 e. The van der Waals surface area contributed by atoms with Gasteiger partial charge in [0.15, 0.2) is 0 Å². The van der Waals surface area contributed by atoms with E-state index in [1.807, 2.05) is 48.5 Å². The van der Waals surface area contributed by atoms with Crippen LogP contribution in [0.3, 0.4) is 0 Å². The molecule has 0 amide bonds. The van der Waals surface area contributed by atoms with Crippen molar-refractivity contribution >= 4 is 33.5 Å². The third kappa shape index (κ3) is 2.11. The van der Waals surface area contributed by atoms with Crippen LogP contribution in [0.1, 0.15) is 17.6 Å². The molecule has 4 heteroatoms. The van der Waals surface area contributed by atoms with Crippen LogP contribution in [0, 0.1) is 0 Å². The second-order valence-electron chi connectivity index (χ2n) is 5.00. The minimum Gasteiger partial charge on any atom is -0.459 e. The smallest absolute Gasteiger partial charge is 0.134 e. The summed E-state index contributed by atoms with van der Waals surface area (Å²) >= 11 is 5.99. The van der Waals surface area contributed by atoms with Gasteiger partial charge < -0.3 is 14.6 Å². The zero-order valence-electron chi connectivity index (χ0n) is 11.0. The molecule has 21 heavy (non-hydrogen) atoms. The molecule has 104 valence electrons. The maximum absolute atomic E-state index is 6.26. The lowest BCUT2D eigenvalue weighted by atomic mass is 10.1. The molecule has 0 fully saturated rings. The summed E-state index contributed by atoms with van der Waals surface area (Å²) in [6.45, 7) is 0. The molecule has 0 aliphatic heterocycles. The van der Waals surface area contributed by atoms with Crippen molar-refractivity contribution in [1.82, 2.24) is 0 Å². The second-order valence-corrected chi connectivity index (χ2v) is 5.43. The zero-order valence-corrected chi connectivity index (χ0v) is 11.8. The van der Waals surface area contributed by atoms with Gasteiger partial charge in [-0.05, 0) is 36.4 Å². The van der Waals surface area contributed by atoms with Crippen LogP contribution in [0.15, 0.2) is 63.4 Å². The van der Waals surface area contributed by atoms with Gasteiger partial charge in [0.2, 0.25) is 0 Å². The van der Waals surface area contributed by atoms with E-state index in [9.17, 15) is 0 Å². The van der Waals surface area contributed by atoms with Gasteiger partial charge in [-0.15, -0.1) is 0 Å². The molecule has 4 aromatic rings. The fraction of sp³-hybridized carbons (Fsp3) is 0.0588. The van der Waals surface area contributed by atoms with Crippen molar-refractivity contribution in [2.24, 2.45) is 5.73 Å². The van der Waals surface area contributed by atoms with E-state index >= 15 is 0 Å². The van der Waals surface area contributed by atoms with Crippen molar-refractivity contribution in [3.8, 4) is 0 Å². The average Bonchev–Trinajstić information content (AvgIpc) is 3.09. The maximum Gasteiger partial charge on any atom is 0.134 e. The van der Waals surface area contributed by atoms with Crippen molar-refractivity contribution in [3.63, 3.8) is 0 Å². The van der Waals surface area contributed by atoms with Crippen LogP contribution < -0.4 is 5.73 Å². The zero-order chi connectivity index (χ0) is 14.4. The number of halogens is 1. The molecule has 2 aromatic carbocycles. The van der Waals surface area contributed by atoms with Crippen molar-refractivity contribution in [2.45, 2.75) is 6.04 Å². The Labute approximate surface area is 125 Å². The monoisotopic (exact) mass is 297 g/mol. The van der Waals surface area contributed by atoms with Crippen molar-refractivity contribution in [2.75, 3.05) is 0 Å². The normalized spacial score (nSPS) is 13.0. The van der Waals surface area contributed by atoms with Gasteiger partial charge in [0.05, 0.1) is 0 Å². The molecule has 0 aliphatic carbocycles. The Hall–Kier alpha value is -2.23. The second kappa shape index (κ2) is 4.65. The molecule has 0 radical (unpaired) electrons. The highest BCUT2D eigenvalue weighted by Gasteiger charge is 2.18. The number of hydrogen-bond acceptors (Lipinski definition) is 3. The first kappa shape index (κ1) is 12.5. The van der Waals surface area contributed by atoms with Crippen LogP contribution in [0.4, 0.5) is 0 Å².